The lowest BCUT2D eigenvalue weighted by molar-refractivity contribution is 0.414. The van der Waals surface area contributed by atoms with Crippen molar-refractivity contribution in [1.29, 1.82) is 0 Å². The predicted molar refractivity (Wildman–Crippen MR) is 123 cm³/mol. The van der Waals surface area contributed by atoms with E-state index in [9.17, 15) is 12.8 Å². The number of methoxy groups -OCH3 is 1. The van der Waals surface area contributed by atoms with Crippen LogP contribution in [0.2, 0.25) is 5.02 Å². The molecule has 5 nitrogen and oxygen atoms in total. The number of sulfone groups is 1. The Morgan fingerprint density at radius 1 is 1.06 bits per heavy atom. The number of rotatable bonds is 6. The van der Waals surface area contributed by atoms with Crippen LogP contribution in [0.4, 0.5) is 8.78 Å². The van der Waals surface area contributed by atoms with Crippen molar-refractivity contribution >= 4 is 32.3 Å². The molecular weight excluding hydrogens is 470 g/mol. The van der Waals surface area contributed by atoms with Crippen LogP contribution < -0.4 is 4.74 Å². The maximum atomic E-state index is 15.1. The molecule has 3 aromatic carbocycles. The monoisotopic (exact) mass is 488 g/mol. The first kappa shape index (κ1) is 23.1. The van der Waals surface area contributed by atoms with Gasteiger partial charge in [-0.3, -0.25) is 0 Å². The summed E-state index contributed by atoms with van der Waals surface area (Å²) in [5, 5.41) is 0.669. The maximum absolute atomic E-state index is 15.1. The number of nitrogens with zero attached hydrogens (tertiary/aromatic N) is 2. The molecule has 0 saturated carbocycles. The van der Waals surface area contributed by atoms with Crippen molar-refractivity contribution < 1.29 is 21.9 Å². The van der Waals surface area contributed by atoms with Crippen LogP contribution >= 0.6 is 11.6 Å². The highest BCUT2D eigenvalue weighted by Gasteiger charge is 2.22. The molecule has 0 atom stereocenters. The van der Waals surface area contributed by atoms with E-state index in [1.54, 1.807) is 24.3 Å². The molecule has 0 unspecified atom stereocenters. The van der Waals surface area contributed by atoms with Gasteiger partial charge in [0.25, 0.3) is 0 Å². The fraction of sp³-hybridized carbons (Fsp3) is 0.167. The van der Waals surface area contributed by atoms with Gasteiger partial charge in [0, 0.05) is 22.7 Å². The molecule has 0 amide bonds. The number of ether oxygens (including phenoxy) is 1. The summed E-state index contributed by atoms with van der Waals surface area (Å²) in [4.78, 5) is 7.41. The standard InChI is InChI=1S/C24H19ClF2N2O3S/c1-3-14-8-15(9-16-12-28-24(27)29-23(14)16)18-11-20(26)17(10-21(18)32-2)13-33(30,31)22-7-5-4-6-19(22)25/h4-12H,3,13H2,1-2H3. The number of aryl methyl sites for hydroxylation is 1. The van der Waals surface area contributed by atoms with Gasteiger partial charge in [-0.15, -0.1) is 0 Å². The first-order chi connectivity index (χ1) is 15.7. The second kappa shape index (κ2) is 9.03. The van der Waals surface area contributed by atoms with E-state index in [4.69, 9.17) is 16.3 Å². The Bertz CT molecular complexity index is 1480. The molecule has 0 fully saturated rings. The molecule has 0 aliphatic rings. The number of hydrogen-bond acceptors (Lipinski definition) is 5. The second-order valence-corrected chi connectivity index (χ2v) is 9.76. The molecule has 0 N–H and O–H groups in total. The molecular formula is C24H19ClF2N2O3S. The Labute approximate surface area is 194 Å². The van der Waals surface area contributed by atoms with Crippen LogP contribution in [0.25, 0.3) is 22.0 Å². The van der Waals surface area contributed by atoms with Gasteiger partial charge in [-0.05, 0) is 53.9 Å². The zero-order chi connectivity index (χ0) is 23.8. The number of halogens is 3. The summed E-state index contributed by atoms with van der Waals surface area (Å²) in [6, 6.07) is 12.1. The minimum atomic E-state index is -3.89. The topological polar surface area (TPSA) is 69.2 Å². The van der Waals surface area contributed by atoms with Gasteiger partial charge >= 0.3 is 6.08 Å². The molecule has 1 aromatic heterocycles. The number of hydrogen-bond donors (Lipinski definition) is 0. The highest BCUT2D eigenvalue weighted by molar-refractivity contribution is 7.90. The summed E-state index contributed by atoms with van der Waals surface area (Å²) < 4.78 is 59.8. The minimum absolute atomic E-state index is 0.0440. The van der Waals surface area contributed by atoms with Gasteiger partial charge < -0.3 is 4.74 Å². The van der Waals surface area contributed by atoms with E-state index in [1.165, 1.54) is 37.6 Å². The van der Waals surface area contributed by atoms with Crippen LogP contribution in [0.15, 0.2) is 59.6 Å². The number of benzene rings is 3. The predicted octanol–water partition coefficient (Wildman–Crippen LogP) is 5.77. The highest BCUT2D eigenvalue weighted by atomic mass is 35.5. The van der Waals surface area contributed by atoms with Crippen LogP contribution in [-0.2, 0) is 22.0 Å². The molecule has 0 aliphatic carbocycles. The molecule has 33 heavy (non-hydrogen) atoms. The Kier molecular flexibility index (Phi) is 6.32. The fourth-order valence-corrected chi connectivity index (χ4v) is 5.63. The van der Waals surface area contributed by atoms with E-state index in [0.717, 1.165) is 5.56 Å². The average molecular weight is 489 g/mol. The largest absolute Gasteiger partial charge is 0.496 e. The second-order valence-electron chi connectivity index (χ2n) is 7.40. The third kappa shape index (κ3) is 4.54. The number of fused-ring (bicyclic) bond motifs is 1. The van der Waals surface area contributed by atoms with Crippen LogP contribution in [0.5, 0.6) is 5.75 Å². The van der Waals surface area contributed by atoms with E-state index < -0.39 is 27.5 Å². The zero-order valence-corrected chi connectivity index (χ0v) is 19.3. The van der Waals surface area contributed by atoms with Crippen molar-refractivity contribution in [2.75, 3.05) is 7.11 Å². The lowest BCUT2D eigenvalue weighted by Gasteiger charge is -2.15. The Balaban J connectivity index is 1.81. The van der Waals surface area contributed by atoms with Crippen molar-refractivity contribution in [3.8, 4) is 16.9 Å². The van der Waals surface area contributed by atoms with Crippen molar-refractivity contribution in [2.24, 2.45) is 0 Å². The van der Waals surface area contributed by atoms with Gasteiger partial charge in [0.05, 0.1) is 28.3 Å². The Morgan fingerprint density at radius 3 is 2.52 bits per heavy atom. The number of aromatic nitrogens is 2. The summed E-state index contributed by atoms with van der Waals surface area (Å²) in [5.41, 5.74) is 2.24. The maximum Gasteiger partial charge on any atom is 0.309 e. The van der Waals surface area contributed by atoms with E-state index in [0.29, 0.717) is 34.2 Å². The van der Waals surface area contributed by atoms with Gasteiger partial charge in [-0.25, -0.2) is 22.8 Å². The molecule has 0 spiro atoms. The SMILES string of the molecule is CCc1cc(-c2cc(F)c(CS(=O)(=O)c3ccccc3Cl)cc2OC)cc2cnc(F)nc12. The zero-order valence-electron chi connectivity index (χ0n) is 17.8. The molecule has 9 heteroatoms. The lowest BCUT2D eigenvalue weighted by Crippen LogP contribution is -2.08. The van der Waals surface area contributed by atoms with E-state index in [2.05, 4.69) is 9.97 Å². The fourth-order valence-electron chi connectivity index (χ4n) is 3.70. The summed E-state index contributed by atoms with van der Waals surface area (Å²) in [6.07, 6.45) is 1.12. The molecule has 0 radical (unpaired) electrons. The van der Waals surface area contributed by atoms with Gasteiger partial charge in [0.15, 0.2) is 9.84 Å². The summed E-state index contributed by atoms with van der Waals surface area (Å²) in [7, 11) is -2.47. The van der Waals surface area contributed by atoms with Gasteiger partial charge in [0.2, 0.25) is 0 Å². The Hall–Kier alpha value is -3.10. The van der Waals surface area contributed by atoms with E-state index in [1.807, 2.05) is 6.92 Å². The van der Waals surface area contributed by atoms with E-state index >= 15 is 4.39 Å². The normalized spacial score (nSPS) is 11.7. The molecule has 1 heterocycles. The first-order valence-corrected chi connectivity index (χ1v) is 12.1. The third-order valence-electron chi connectivity index (χ3n) is 5.31. The quantitative estimate of drug-likeness (QED) is 0.322. The summed E-state index contributed by atoms with van der Waals surface area (Å²) in [5.74, 6) is -0.982. The molecule has 0 saturated heterocycles. The Morgan fingerprint density at radius 2 is 1.82 bits per heavy atom. The van der Waals surface area contributed by atoms with Crippen molar-refractivity contribution in [3.63, 3.8) is 0 Å². The minimum Gasteiger partial charge on any atom is -0.496 e. The van der Waals surface area contributed by atoms with Crippen molar-refractivity contribution in [3.05, 3.63) is 82.8 Å². The molecule has 170 valence electrons. The molecule has 4 rings (SSSR count). The van der Waals surface area contributed by atoms with E-state index in [-0.39, 0.29) is 15.5 Å². The third-order valence-corrected chi connectivity index (χ3v) is 7.47. The van der Waals surface area contributed by atoms with Gasteiger partial charge in [-0.1, -0.05) is 30.7 Å². The average Bonchev–Trinajstić information content (AvgIpc) is 2.79. The van der Waals surface area contributed by atoms with Crippen LogP contribution in [0, 0.1) is 11.9 Å². The lowest BCUT2D eigenvalue weighted by atomic mass is 9.97. The van der Waals surface area contributed by atoms with Crippen molar-refractivity contribution in [1.82, 2.24) is 9.97 Å². The van der Waals surface area contributed by atoms with Crippen molar-refractivity contribution in [2.45, 2.75) is 24.0 Å². The molecule has 0 bridgehead atoms. The van der Waals surface area contributed by atoms with Gasteiger partial charge in [-0.2, -0.15) is 4.39 Å². The summed E-state index contributed by atoms with van der Waals surface area (Å²) in [6.45, 7) is 1.90. The van der Waals surface area contributed by atoms with Crippen LogP contribution in [0.1, 0.15) is 18.1 Å². The molecule has 0 aliphatic heterocycles. The molecule has 4 aromatic rings. The first-order valence-electron chi connectivity index (χ1n) is 10.0. The van der Waals surface area contributed by atoms with Crippen LogP contribution in [0.3, 0.4) is 0 Å². The smallest absolute Gasteiger partial charge is 0.309 e. The van der Waals surface area contributed by atoms with Gasteiger partial charge in [0.1, 0.15) is 11.6 Å². The summed E-state index contributed by atoms with van der Waals surface area (Å²) >= 11 is 6.03. The van der Waals surface area contributed by atoms with Crippen LogP contribution in [-0.4, -0.2) is 25.5 Å². The highest BCUT2D eigenvalue weighted by Crippen LogP contribution is 2.36.